The molecule has 0 saturated carbocycles. The Morgan fingerprint density at radius 1 is 1.03 bits per heavy atom. The van der Waals surface area contributed by atoms with Crippen LogP contribution < -0.4 is 14.4 Å². The van der Waals surface area contributed by atoms with Crippen LogP contribution in [0, 0.1) is 0 Å². The number of amides is 1. The van der Waals surface area contributed by atoms with Gasteiger partial charge in [0.25, 0.3) is 15.9 Å². The average Bonchev–Trinajstić information content (AvgIpc) is 2.88. The van der Waals surface area contributed by atoms with Gasteiger partial charge in [0.05, 0.1) is 23.2 Å². The summed E-state index contributed by atoms with van der Waals surface area (Å²) in [6, 6.07) is 19.0. The third kappa shape index (κ3) is 4.75. The van der Waals surface area contributed by atoms with Crippen molar-refractivity contribution in [2.24, 2.45) is 0 Å². The number of anilines is 1. The van der Waals surface area contributed by atoms with E-state index in [0.29, 0.717) is 16.5 Å². The monoisotopic (exact) mass is 510 g/mol. The van der Waals surface area contributed by atoms with E-state index in [9.17, 15) is 13.2 Å². The van der Waals surface area contributed by atoms with Crippen molar-refractivity contribution in [2.45, 2.75) is 49.6 Å². The molecule has 0 bridgehead atoms. The summed E-state index contributed by atoms with van der Waals surface area (Å²) in [4.78, 5) is 13.4. The van der Waals surface area contributed by atoms with Crippen molar-refractivity contribution in [3.8, 4) is 5.75 Å². The second kappa shape index (κ2) is 9.55. The van der Waals surface area contributed by atoms with Crippen molar-refractivity contribution < 1.29 is 17.9 Å². The highest BCUT2D eigenvalue weighted by Gasteiger charge is 2.38. The minimum Gasteiger partial charge on any atom is -0.476 e. The molecule has 1 amide bonds. The molecule has 2 aliphatic rings. The van der Waals surface area contributed by atoms with Gasteiger partial charge >= 0.3 is 0 Å². The SMILES string of the molecule is C[C@@H](NC(=O)[C@H]1CN(S(=O)(=O)c2ccccc2)c2cc(Cl)ccc2O1)c1ccc2c(c1)CCCC2. The number of benzene rings is 3. The molecule has 2 atom stereocenters. The van der Waals surface area contributed by atoms with Gasteiger partial charge in [-0.1, -0.05) is 48.0 Å². The molecule has 8 heteroatoms. The zero-order valence-electron chi connectivity index (χ0n) is 19.4. The van der Waals surface area contributed by atoms with Gasteiger partial charge in [0.1, 0.15) is 5.75 Å². The highest BCUT2D eigenvalue weighted by molar-refractivity contribution is 7.92. The molecule has 1 aliphatic carbocycles. The van der Waals surface area contributed by atoms with E-state index in [-0.39, 0.29) is 23.4 Å². The fourth-order valence-electron chi connectivity index (χ4n) is 4.72. The van der Waals surface area contributed by atoms with Crippen LogP contribution in [0.25, 0.3) is 0 Å². The first-order valence-corrected chi connectivity index (χ1v) is 13.6. The van der Waals surface area contributed by atoms with Gasteiger partial charge < -0.3 is 10.1 Å². The van der Waals surface area contributed by atoms with Crippen molar-refractivity contribution in [1.29, 1.82) is 0 Å². The number of sulfonamides is 1. The number of hydrogen-bond acceptors (Lipinski definition) is 4. The first-order valence-electron chi connectivity index (χ1n) is 11.8. The van der Waals surface area contributed by atoms with Crippen molar-refractivity contribution >= 4 is 33.2 Å². The molecule has 3 aromatic rings. The zero-order chi connectivity index (χ0) is 24.6. The van der Waals surface area contributed by atoms with E-state index in [2.05, 4.69) is 23.5 Å². The topological polar surface area (TPSA) is 75.7 Å². The molecule has 0 aromatic heterocycles. The first-order chi connectivity index (χ1) is 16.8. The molecule has 5 rings (SSSR count). The Kier molecular flexibility index (Phi) is 6.47. The van der Waals surface area contributed by atoms with Crippen molar-refractivity contribution in [3.63, 3.8) is 0 Å². The van der Waals surface area contributed by atoms with Gasteiger partial charge in [0, 0.05) is 5.02 Å². The lowest BCUT2D eigenvalue weighted by atomic mass is 9.89. The number of ether oxygens (including phenoxy) is 1. The van der Waals surface area contributed by atoms with E-state index in [1.54, 1.807) is 36.4 Å². The largest absolute Gasteiger partial charge is 0.476 e. The third-order valence-electron chi connectivity index (χ3n) is 6.65. The maximum Gasteiger partial charge on any atom is 0.264 e. The summed E-state index contributed by atoms with van der Waals surface area (Å²) in [5.74, 6) is -0.0779. The van der Waals surface area contributed by atoms with Crippen LogP contribution in [0.15, 0.2) is 71.6 Å². The number of carbonyl (C=O) groups excluding carboxylic acids is 1. The smallest absolute Gasteiger partial charge is 0.264 e. The summed E-state index contributed by atoms with van der Waals surface area (Å²) >= 11 is 6.17. The molecule has 1 aliphatic heterocycles. The Balaban J connectivity index is 1.40. The summed E-state index contributed by atoms with van der Waals surface area (Å²) < 4.78 is 34.2. The molecular formula is C27H27ClN2O4S. The van der Waals surface area contributed by atoms with Crippen molar-refractivity contribution in [3.05, 3.63) is 88.4 Å². The fraction of sp³-hybridized carbons (Fsp3) is 0.296. The van der Waals surface area contributed by atoms with E-state index in [4.69, 9.17) is 16.3 Å². The van der Waals surface area contributed by atoms with E-state index >= 15 is 0 Å². The zero-order valence-corrected chi connectivity index (χ0v) is 21.0. The number of hydrogen-bond donors (Lipinski definition) is 1. The van der Waals surface area contributed by atoms with E-state index < -0.39 is 16.1 Å². The van der Waals surface area contributed by atoms with Crippen molar-refractivity contribution in [1.82, 2.24) is 5.32 Å². The molecule has 1 heterocycles. The van der Waals surface area contributed by atoms with Gasteiger partial charge in [-0.15, -0.1) is 0 Å². The molecule has 35 heavy (non-hydrogen) atoms. The van der Waals surface area contributed by atoms with Gasteiger partial charge in [-0.2, -0.15) is 0 Å². The van der Waals surface area contributed by atoms with Crippen LogP contribution in [-0.2, 0) is 27.7 Å². The maximum absolute atomic E-state index is 13.5. The summed E-state index contributed by atoms with van der Waals surface area (Å²) in [6.45, 7) is 1.77. The molecule has 3 aromatic carbocycles. The van der Waals surface area contributed by atoms with Crippen LogP contribution in [0.1, 0.15) is 42.5 Å². The standard InChI is InChI=1S/C27H27ClN2O4S/c1-18(20-12-11-19-7-5-6-8-21(19)15-20)29-27(31)26-17-30(24-16-22(28)13-14-25(24)34-26)35(32,33)23-9-3-2-4-10-23/h2-4,9-16,18,26H,5-8,17H2,1H3,(H,29,31)/t18-,26-/m1/s1. The quantitative estimate of drug-likeness (QED) is 0.521. The van der Waals surface area contributed by atoms with Crippen LogP contribution in [-0.4, -0.2) is 27.0 Å². The molecular weight excluding hydrogens is 484 g/mol. The minimum atomic E-state index is -3.93. The molecule has 1 N–H and O–H groups in total. The number of carbonyl (C=O) groups is 1. The van der Waals surface area contributed by atoms with Crippen LogP contribution >= 0.6 is 11.6 Å². The number of halogens is 1. The second-order valence-electron chi connectivity index (χ2n) is 9.03. The van der Waals surface area contributed by atoms with Crippen LogP contribution in [0.3, 0.4) is 0 Å². The highest BCUT2D eigenvalue weighted by atomic mass is 35.5. The highest BCUT2D eigenvalue weighted by Crippen LogP contribution is 2.39. The Morgan fingerprint density at radius 3 is 2.54 bits per heavy atom. The summed E-state index contributed by atoms with van der Waals surface area (Å²) in [5, 5.41) is 3.39. The molecule has 0 unspecified atom stereocenters. The lowest BCUT2D eigenvalue weighted by Crippen LogP contribution is -2.51. The summed E-state index contributed by atoms with van der Waals surface area (Å²) in [7, 11) is -3.93. The molecule has 0 spiro atoms. The van der Waals surface area contributed by atoms with E-state index in [1.165, 1.54) is 40.4 Å². The van der Waals surface area contributed by atoms with Crippen molar-refractivity contribution in [2.75, 3.05) is 10.8 Å². The number of nitrogens with one attached hydrogen (secondary N) is 1. The molecule has 0 saturated heterocycles. The molecule has 6 nitrogen and oxygen atoms in total. The number of rotatable bonds is 5. The van der Waals surface area contributed by atoms with Gasteiger partial charge in [-0.3, -0.25) is 9.10 Å². The van der Waals surface area contributed by atoms with E-state index in [0.717, 1.165) is 18.4 Å². The lowest BCUT2D eigenvalue weighted by molar-refractivity contribution is -0.128. The Bertz CT molecular complexity index is 1360. The van der Waals surface area contributed by atoms with Crippen LogP contribution in [0.4, 0.5) is 5.69 Å². The number of nitrogens with zero attached hydrogens (tertiary/aromatic N) is 1. The normalized spacial score (nSPS) is 18.1. The van der Waals surface area contributed by atoms with E-state index in [1.807, 2.05) is 6.92 Å². The van der Waals surface area contributed by atoms with Gasteiger partial charge in [-0.25, -0.2) is 8.42 Å². The maximum atomic E-state index is 13.5. The molecule has 0 fully saturated rings. The minimum absolute atomic E-state index is 0.134. The fourth-order valence-corrected chi connectivity index (χ4v) is 6.38. The van der Waals surface area contributed by atoms with Gasteiger partial charge in [-0.05, 0) is 79.6 Å². The van der Waals surface area contributed by atoms with Gasteiger partial charge in [0.2, 0.25) is 0 Å². The lowest BCUT2D eigenvalue weighted by Gasteiger charge is -2.35. The Labute approximate surface area is 210 Å². The third-order valence-corrected chi connectivity index (χ3v) is 8.67. The first kappa shape index (κ1) is 23.7. The molecule has 182 valence electrons. The Morgan fingerprint density at radius 2 is 1.77 bits per heavy atom. The number of aryl methyl sites for hydroxylation is 2. The summed E-state index contributed by atoms with van der Waals surface area (Å²) in [5.41, 5.74) is 4.06. The van der Waals surface area contributed by atoms with Gasteiger partial charge in [0.15, 0.2) is 6.10 Å². The average molecular weight is 511 g/mol. The predicted molar refractivity (Wildman–Crippen MR) is 136 cm³/mol. The summed E-state index contributed by atoms with van der Waals surface area (Å²) in [6.07, 6.45) is 3.54. The predicted octanol–water partition coefficient (Wildman–Crippen LogP) is 5.05. The van der Waals surface area contributed by atoms with Crippen LogP contribution in [0.2, 0.25) is 5.02 Å². The van der Waals surface area contributed by atoms with Crippen LogP contribution in [0.5, 0.6) is 5.75 Å². The molecule has 0 radical (unpaired) electrons. The second-order valence-corrected chi connectivity index (χ2v) is 11.3. The number of fused-ring (bicyclic) bond motifs is 2. The Hall–Kier alpha value is -3.03.